The predicted molar refractivity (Wildman–Crippen MR) is 84.4 cm³/mol. The molecule has 4 heteroatoms. The van der Waals surface area contributed by atoms with E-state index in [0.29, 0.717) is 6.42 Å². The molecule has 0 bridgehead atoms. The second-order valence-corrected chi connectivity index (χ2v) is 5.52. The summed E-state index contributed by atoms with van der Waals surface area (Å²) in [6.07, 6.45) is 16.6. The molecule has 0 amide bonds. The molecule has 0 rings (SSSR count). The largest absolute Gasteiger partial charge is 0.481 e. The first kappa shape index (κ1) is 19.7. The maximum atomic E-state index is 10.3. The molecule has 0 heterocycles. The summed E-state index contributed by atoms with van der Waals surface area (Å²) in [6, 6.07) is 0. The average molecular weight is 298 g/mol. The van der Waals surface area contributed by atoms with Gasteiger partial charge < -0.3 is 10.2 Å². The van der Waals surface area contributed by atoms with Crippen LogP contribution in [0, 0.1) is 0 Å². The van der Waals surface area contributed by atoms with Crippen LogP contribution in [-0.2, 0) is 9.59 Å². The Balaban J connectivity index is 3.11. The van der Waals surface area contributed by atoms with Crippen molar-refractivity contribution in [2.24, 2.45) is 0 Å². The first-order valence-corrected chi connectivity index (χ1v) is 8.21. The van der Waals surface area contributed by atoms with E-state index in [1.807, 2.05) is 0 Å². The quantitative estimate of drug-likeness (QED) is 0.337. The van der Waals surface area contributed by atoms with E-state index in [2.05, 4.69) is 12.2 Å². The lowest BCUT2D eigenvalue weighted by atomic mass is 10.1. The number of hydrogen-bond donors (Lipinski definition) is 2. The lowest BCUT2D eigenvalue weighted by Crippen LogP contribution is -1.93. The summed E-state index contributed by atoms with van der Waals surface area (Å²) in [6.45, 7) is 0. The molecule has 0 aliphatic carbocycles. The summed E-state index contributed by atoms with van der Waals surface area (Å²) in [5.41, 5.74) is 0. The minimum atomic E-state index is -0.700. The number of aliphatic carboxylic acids is 2. The minimum Gasteiger partial charge on any atom is -0.481 e. The molecule has 0 fully saturated rings. The molecule has 21 heavy (non-hydrogen) atoms. The van der Waals surface area contributed by atoms with Crippen LogP contribution in [0.15, 0.2) is 12.2 Å². The Bertz CT molecular complexity index is 297. The summed E-state index contributed by atoms with van der Waals surface area (Å²) in [5, 5.41) is 17.0. The Morgan fingerprint density at radius 3 is 1.33 bits per heavy atom. The summed E-state index contributed by atoms with van der Waals surface area (Å²) in [7, 11) is 0. The predicted octanol–water partition coefficient (Wildman–Crippen LogP) is 4.78. The van der Waals surface area contributed by atoms with Crippen molar-refractivity contribution < 1.29 is 19.8 Å². The second-order valence-electron chi connectivity index (χ2n) is 5.52. The fourth-order valence-electron chi connectivity index (χ4n) is 2.20. The van der Waals surface area contributed by atoms with Crippen molar-refractivity contribution in [3.05, 3.63) is 12.2 Å². The maximum absolute atomic E-state index is 10.3. The first-order chi connectivity index (χ1) is 10.1. The van der Waals surface area contributed by atoms with E-state index < -0.39 is 11.9 Å². The van der Waals surface area contributed by atoms with Gasteiger partial charge in [-0.05, 0) is 38.5 Å². The summed E-state index contributed by atoms with van der Waals surface area (Å²) in [4.78, 5) is 20.6. The van der Waals surface area contributed by atoms with E-state index in [9.17, 15) is 9.59 Å². The molecule has 0 spiro atoms. The van der Waals surface area contributed by atoms with E-state index in [4.69, 9.17) is 10.2 Å². The van der Waals surface area contributed by atoms with Crippen molar-refractivity contribution >= 4 is 11.9 Å². The molecule has 0 aromatic rings. The zero-order chi connectivity index (χ0) is 15.8. The third-order valence-electron chi connectivity index (χ3n) is 3.44. The van der Waals surface area contributed by atoms with E-state index in [1.54, 1.807) is 0 Å². The maximum Gasteiger partial charge on any atom is 0.303 e. The van der Waals surface area contributed by atoms with Crippen LogP contribution in [0.4, 0.5) is 0 Å². The topological polar surface area (TPSA) is 74.6 Å². The van der Waals surface area contributed by atoms with Crippen LogP contribution in [0.5, 0.6) is 0 Å². The third kappa shape index (κ3) is 18.7. The summed E-state index contributed by atoms with van der Waals surface area (Å²) < 4.78 is 0. The highest BCUT2D eigenvalue weighted by Crippen LogP contribution is 2.09. The molecule has 0 aliphatic rings. The van der Waals surface area contributed by atoms with Gasteiger partial charge in [-0.3, -0.25) is 9.59 Å². The van der Waals surface area contributed by atoms with Gasteiger partial charge in [0.1, 0.15) is 0 Å². The lowest BCUT2D eigenvalue weighted by Gasteiger charge is -1.99. The average Bonchev–Trinajstić information content (AvgIpc) is 2.42. The zero-order valence-electron chi connectivity index (χ0n) is 13.1. The van der Waals surface area contributed by atoms with E-state index in [1.165, 1.54) is 19.3 Å². The van der Waals surface area contributed by atoms with Crippen molar-refractivity contribution in [1.82, 2.24) is 0 Å². The van der Waals surface area contributed by atoms with Crippen LogP contribution in [-0.4, -0.2) is 22.2 Å². The molecule has 0 atom stereocenters. The van der Waals surface area contributed by atoms with E-state index >= 15 is 0 Å². The van der Waals surface area contributed by atoms with E-state index in [0.717, 1.165) is 51.4 Å². The van der Waals surface area contributed by atoms with Gasteiger partial charge in [0.15, 0.2) is 0 Å². The number of carbonyl (C=O) groups is 2. The van der Waals surface area contributed by atoms with Gasteiger partial charge >= 0.3 is 11.9 Å². The molecule has 0 aromatic heterocycles. The molecule has 0 unspecified atom stereocenters. The number of allylic oxidation sites excluding steroid dienone is 2. The molecule has 2 N–H and O–H groups in total. The van der Waals surface area contributed by atoms with Gasteiger partial charge in [0.05, 0.1) is 0 Å². The summed E-state index contributed by atoms with van der Waals surface area (Å²) >= 11 is 0. The standard InChI is InChI=1S/C17H30O4/c18-16(19)14-12-10-8-6-4-2-1-3-5-7-9-11-13-15-17(20)21/h2,4H,1,3,5-15H2,(H,18,19)(H,20,21). The molecule has 4 nitrogen and oxygen atoms in total. The van der Waals surface area contributed by atoms with Crippen molar-refractivity contribution in [1.29, 1.82) is 0 Å². The van der Waals surface area contributed by atoms with Crippen molar-refractivity contribution in [2.75, 3.05) is 0 Å². The molecule has 0 radical (unpaired) electrons. The van der Waals surface area contributed by atoms with Gasteiger partial charge in [-0.1, -0.05) is 44.3 Å². The molecule has 0 aromatic carbocycles. The fraction of sp³-hybridized carbons (Fsp3) is 0.765. The molecular formula is C17H30O4. The van der Waals surface area contributed by atoms with Gasteiger partial charge in [-0.25, -0.2) is 0 Å². The van der Waals surface area contributed by atoms with Gasteiger partial charge in [-0.2, -0.15) is 0 Å². The van der Waals surface area contributed by atoms with Gasteiger partial charge in [0.25, 0.3) is 0 Å². The normalized spacial score (nSPS) is 11.0. The lowest BCUT2D eigenvalue weighted by molar-refractivity contribution is -0.138. The van der Waals surface area contributed by atoms with Crippen LogP contribution in [0.2, 0.25) is 0 Å². The number of carboxylic acid groups (broad SMARTS) is 2. The zero-order valence-corrected chi connectivity index (χ0v) is 13.1. The monoisotopic (exact) mass is 298 g/mol. The molecule has 122 valence electrons. The number of rotatable bonds is 15. The number of hydrogen-bond acceptors (Lipinski definition) is 2. The highest BCUT2D eigenvalue weighted by Gasteiger charge is 1.96. The highest BCUT2D eigenvalue weighted by atomic mass is 16.4. The second kappa shape index (κ2) is 15.1. The molecule has 0 saturated carbocycles. The number of carboxylic acids is 2. The van der Waals surface area contributed by atoms with Crippen LogP contribution in [0.25, 0.3) is 0 Å². The SMILES string of the molecule is O=C(O)CCCCCC=CCCCCCCCCC(=O)O. The van der Waals surface area contributed by atoms with Crippen LogP contribution < -0.4 is 0 Å². The molecular weight excluding hydrogens is 268 g/mol. The Morgan fingerprint density at radius 1 is 0.571 bits per heavy atom. The number of unbranched alkanes of at least 4 members (excludes halogenated alkanes) is 9. The fourth-order valence-corrected chi connectivity index (χ4v) is 2.20. The first-order valence-electron chi connectivity index (χ1n) is 8.21. The van der Waals surface area contributed by atoms with Gasteiger partial charge in [0.2, 0.25) is 0 Å². The van der Waals surface area contributed by atoms with Crippen molar-refractivity contribution in [3.63, 3.8) is 0 Å². The Kier molecular flexibility index (Phi) is 14.1. The van der Waals surface area contributed by atoms with Gasteiger partial charge in [0, 0.05) is 12.8 Å². The van der Waals surface area contributed by atoms with Crippen molar-refractivity contribution in [3.8, 4) is 0 Å². The summed E-state index contributed by atoms with van der Waals surface area (Å²) in [5.74, 6) is -1.39. The van der Waals surface area contributed by atoms with Crippen LogP contribution >= 0.6 is 0 Å². The molecule has 0 saturated heterocycles. The van der Waals surface area contributed by atoms with Crippen LogP contribution in [0.1, 0.15) is 83.5 Å². The Labute approximate surface area is 128 Å². The molecule has 0 aliphatic heterocycles. The van der Waals surface area contributed by atoms with Crippen molar-refractivity contribution in [2.45, 2.75) is 83.5 Å². The van der Waals surface area contributed by atoms with Crippen LogP contribution in [0.3, 0.4) is 0 Å². The van der Waals surface area contributed by atoms with E-state index in [-0.39, 0.29) is 6.42 Å². The third-order valence-corrected chi connectivity index (χ3v) is 3.44. The van der Waals surface area contributed by atoms with Gasteiger partial charge in [-0.15, -0.1) is 0 Å². The minimum absolute atomic E-state index is 0.288. The smallest absolute Gasteiger partial charge is 0.303 e. The highest BCUT2D eigenvalue weighted by molar-refractivity contribution is 5.66. The Morgan fingerprint density at radius 2 is 0.905 bits per heavy atom. The Hall–Kier alpha value is -1.32.